The minimum Gasteiger partial charge on any atom is -0.493 e. The van der Waals surface area contributed by atoms with Crippen LogP contribution in [0.1, 0.15) is 28.8 Å². The van der Waals surface area contributed by atoms with Gasteiger partial charge in [-0.25, -0.2) is 0 Å². The molecule has 1 unspecified atom stereocenters. The third kappa shape index (κ3) is 5.81. The van der Waals surface area contributed by atoms with Crippen LogP contribution in [0.2, 0.25) is 0 Å². The second-order valence-electron chi connectivity index (χ2n) is 6.80. The monoisotopic (exact) mass is 460 g/mol. The number of carbonyl (C=O) groups excluding carboxylic acids is 1. The Morgan fingerprint density at radius 1 is 1.38 bits per heavy atom. The Balaban J connectivity index is 1.82. The highest BCUT2D eigenvalue weighted by molar-refractivity contribution is 9.10. The van der Waals surface area contributed by atoms with Crippen LogP contribution in [0.3, 0.4) is 0 Å². The quantitative estimate of drug-likeness (QED) is 0.523. The first-order chi connectivity index (χ1) is 14.1. The van der Waals surface area contributed by atoms with Gasteiger partial charge in [-0.05, 0) is 52.5 Å². The highest BCUT2D eigenvalue weighted by Gasteiger charge is 2.24. The van der Waals surface area contributed by atoms with Gasteiger partial charge in [0.25, 0.3) is 5.91 Å². The van der Waals surface area contributed by atoms with Crippen LogP contribution in [0.15, 0.2) is 53.8 Å². The number of ether oxygens (including phenoxy) is 3. The standard InChI is InChI=1S/C22H25BrN2O4/c1-3-8-29-20-7-6-16(10-21(20)27-2)14-25(15-19-5-4-9-28-19)22(26)17-11-18(23)13-24-12-17/h3,6-7,10-13,19H,1,4-5,8-9,14-15H2,2H3. The predicted molar refractivity (Wildman–Crippen MR) is 114 cm³/mol. The number of hydrogen-bond donors (Lipinski definition) is 0. The minimum absolute atomic E-state index is 0.0520. The van der Waals surface area contributed by atoms with Gasteiger partial charge in [-0.1, -0.05) is 18.7 Å². The van der Waals surface area contributed by atoms with Crippen molar-refractivity contribution in [3.05, 3.63) is 64.9 Å². The van der Waals surface area contributed by atoms with Gasteiger partial charge in [0.1, 0.15) is 6.61 Å². The number of rotatable bonds is 9. The normalized spacial score (nSPS) is 15.7. The van der Waals surface area contributed by atoms with Crippen LogP contribution in [0.5, 0.6) is 11.5 Å². The van der Waals surface area contributed by atoms with E-state index in [1.54, 1.807) is 36.5 Å². The van der Waals surface area contributed by atoms with Gasteiger partial charge in [0.2, 0.25) is 0 Å². The van der Waals surface area contributed by atoms with Crippen molar-refractivity contribution in [1.29, 1.82) is 0 Å². The van der Waals surface area contributed by atoms with E-state index in [0.29, 0.717) is 36.8 Å². The lowest BCUT2D eigenvalue weighted by Crippen LogP contribution is -2.37. The fourth-order valence-electron chi connectivity index (χ4n) is 3.26. The molecule has 2 aromatic rings. The van der Waals surface area contributed by atoms with Crippen molar-refractivity contribution in [2.24, 2.45) is 0 Å². The van der Waals surface area contributed by atoms with E-state index < -0.39 is 0 Å². The largest absolute Gasteiger partial charge is 0.493 e. The van der Waals surface area contributed by atoms with Crippen LogP contribution in [-0.2, 0) is 11.3 Å². The Bertz CT molecular complexity index is 852. The van der Waals surface area contributed by atoms with Crippen molar-refractivity contribution in [2.45, 2.75) is 25.5 Å². The summed E-state index contributed by atoms with van der Waals surface area (Å²) >= 11 is 3.39. The minimum atomic E-state index is -0.0831. The second-order valence-corrected chi connectivity index (χ2v) is 7.71. The van der Waals surface area contributed by atoms with Crippen LogP contribution >= 0.6 is 15.9 Å². The topological polar surface area (TPSA) is 60.9 Å². The number of hydrogen-bond acceptors (Lipinski definition) is 5. The lowest BCUT2D eigenvalue weighted by atomic mass is 10.1. The molecule has 7 heteroatoms. The fraction of sp³-hybridized carbons (Fsp3) is 0.364. The third-order valence-corrected chi connectivity index (χ3v) is 5.08. The van der Waals surface area contributed by atoms with Crippen molar-refractivity contribution in [3.8, 4) is 11.5 Å². The molecule has 1 aliphatic heterocycles. The molecule has 0 saturated carbocycles. The van der Waals surface area contributed by atoms with E-state index in [-0.39, 0.29) is 12.0 Å². The van der Waals surface area contributed by atoms with Gasteiger partial charge in [-0.15, -0.1) is 0 Å². The molecule has 2 heterocycles. The van der Waals surface area contributed by atoms with E-state index in [0.717, 1.165) is 29.5 Å². The van der Waals surface area contributed by atoms with E-state index in [2.05, 4.69) is 27.5 Å². The number of benzene rings is 1. The molecule has 0 N–H and O–H groups in total. The lowest BCUT2D eigenvalue weighted by Gasteiger charge is -2.26. The van der Waals surface area contributed by atoms with Gasteiger partial charge >= 0.3 is 0 Å². The van der Waals surface area contributed by atoms with Crippen molar-refractivity contribution < 1.29 is 19.0 Å². The molecule has 0 radical (unpaired) electrons. The summed E-state index contributed by atoms with van der Waals surface area (Å²) in [6, 6.07) is 7.47. The maximum atomic E-state index is 13.2. The number of carbonyl (C=O) groups is 1. The Hall–Kier alpha value is -2.38. The van der Waals surface area contributed by atoms with E-state index in [1.165, 1.54) is 0 Å². The molecule has 6 nitrogen and oxygen atoms in total. The first-order valence-electron chi connectivity index (χ1n) is 9.52. The Morgan fingerprint density at radius 2 is 2.24 bits per heavy atom. The molecule has 1 aliphatic rings. The highest BCUT2D eigenvalue weighted by atomic mass is 79.9. The number of halogens is 1. The molecule has 1 aromatic heterocycles. The third-order valence-electron chi connectivity index (χ3n) is 4.65. The Morgan fingerprint density at radius 3 is 2.93 bits per heavy atom. The summed E-state index contributed by atoms with van der Waals surface area (Å²) in [6.07, 6.45) is 6.96. The second kappa shape index (κ2) is 10.4. The van der Waals surface area contributed by atoms with Crippen LogP contribution in [-0.4, -0.2) is 48.8 Å². The van der Waals surface area contributed by atoms with Gasteiger partial charge in [-0.3, -0.25) is 9.78 Å². The molecular formula is C22H25BrN2O4. The molecule has 0 spiro atoms. The molecule has 0 bridgehead atoms. The SMILES string of the molecule is C=CCOc1ccc(CN(CC2CCCO2)C(=O)c2cncc(Br)c2)cc1OC. The van der Waals surface area contributed by atoms with Crippen LogP contribution in [0, 0.1) is 0 Å². The van der Waals surface area contributed by atoms with Gasteiger partial charge in [0.05, 0.1) is 18.8 Å². The summed E-state index contributed by atoms with van der Waals surface area (Å²) in [4.78, 5) is 19.1. The molecule has 3 rings (SSSR count). The summed E-state index contributed by atoms with van der Waals surface area (Å²) < 4.78 is 17.6. The summed E-state index contributed by atoms with van der Waals surface area (Å²) in [7, 11) is 1.60. The van der Waals surface area contributed by atoms with E-state index in [4.69, 9.17) is 14.2 Å². The van der Waals surface area contributed by atoms with Gasteiger partial charge in [0, 0.05) is 36.6 Å². The molecule has 1 fully saturated rings. The maximum Gasteiger partial charge on any atom is 0.255 e. The average molecular weight is 461 g/mol. The van der Waals surface area contributed by atoms with Crippen molar-refractivity contribution >= 4 is 21.8 Å². The fourth-order valence-corrected chi connectivity index (χ4v) is 3.63. The van der Waals surface area contributed by atoms with E-state index in [1.807, 2.05) is 18.2 Å². The lowest BCUT2D eigenvalue weighted by molar-refractivity contribution is 0.0506. The number of methoxy groups -OCH3 is 1. The molecule has 0 aliphatic carbocycles. The zero-order valence-corrected chi connectivity index (χ0v) is 18.1. The van der Waals surface area contributed by atoms with Crippen molar-refractivity contribution in [2.75, 3.05) is 26.9 Å². The van der Waals surface area contributed by atoms with E-state index >= 15 is 0 Å². The zero-order chi connectivity index (χ0) is 20.6. The number of amides is 1. The Kier molecular flexibility index (Phi) is 7.66. The number of pyridine rings is 1. The summed E-state index contributed by atoms with van der Waals surface area (Å²) in [5, 5.41) is 0. The summed E-state index contributed by atoms with van der Waals surface area (Å²) in [5.74, 6) is 1.18. The smallest absolute Gasteiger partial charge is 0.255 e. The first kappa shape index (κ1) is 21.3. The van der Waals surface area contributed by atoms with E-state index in [9.17, 15) is 4.79 Å². The maximum absolute atomic E-state index is 13.2. The first-order valence-corrected chi connectivity index (χ1v) is 10.3. The molecule has 1 atom stereocenters. The average Bonchev–Trinajstić information content (AvgIpc) is 3.24. The number of nitrogens with zero attached hydrogens (tertiary/aromatic N) is 2. The van der Waals surface area contributed by atoms with Gasteiger partial charge in [0.15, 0.2) is 11.5 Å². The number of aromatic nitrogens is 1. The Labute approximate surface area is 179 Å². The van der Waals surface area contributed by atoms with Gasteiger partial charge < -0.3 is 19.1 Å². The molecule has 154 valence electrons. The van der Waals surface area contributed by atoms with Crippen LogP contribution in [0.25, 0.3) is 0 Å². The zero-order valence-electron chi connectivity index (χ0n) is 16.5. The molecular weight excluding hydrogens is 436 g/mol. The highest BCUT2D eigenvalue weighted by Crippen LogP contribution is 2.29. The van der Waals surface area contributed by atoms with Crippen LogP contribution < -0.4 is 9.47 Å². The summed E-state index contributed by atoms with van der Waals surface area (Å²) in [6.45, 7) is 5.77. The molecule has 1 aromatic carbocycles. The predicted octanol–water partition coefficient (Wildman–Crippen LogP) is 4.24. The van der Waals surface area contributed by atoms with Crippen LogP contribution in [0.4, 0.5) is 0 Å². The molecule has 29 heavy (non-hydrogen) atoms. The summed E-state index contributed by atoms with van der Waals surface area (Å²) in [5.41, 5.74) is 1.48. The van der Waals surface area contributed by atoms with Gasteiger partial charge in [-0.2, -0.15) is 0 Å². The molecule has 1 saturated heterocycles. The van der Waals surface area contributed by atoms with Crippen molar-refractivity contribution in [3.63, 3.8) is 0 Å². The molecule has 1 amide bonds. The van der Waals surface area contributed by atoms with Crippen molar-refractivity contribution in [1.82, 2.24) is 9.88 Å².